The number of nitrogens with one attached hydrogen (secondary N) is 1. The summed E-state index contributed by atoms with van der Waals surface area (Å²) in [6.45, 7) is 4.23. The molecule has 0 aliphatic heterocycles. The Morgan fingerprint density at radius 3 is 2.67 bits per heavy atom. The lowest BCUT2D eigenvalue weighted by Crippen LogP contribution is -2.09. The zero-order chi connectivity index (χ0) is 16.9. The van der Waals surface area contributed by atoms with Gasteiger partial charge in [-0.3, -0.25) is 4.79 Å². The fraction of sp³-hybridized carbons (Fsp3) is 0.235. The first-order valence-electron chi connectivity index (χ1n) is 7.75. The molecular formula is C17H18N4O2S. The highest BCUT2D eigenvalue weighted by molar-refractivity contribution is 7.13. The van der Waals surface area contributed by atoms with Crippen LogP contribution in [0.5, 0.6) is 6.01 Å². The van der Waals surface area contributed by atoms with Crippen LogP contribution < -0.4 is 10.1 Å². The molecule has 3 aromatic rings. The number of rotatable bonds is 6. The minimum Gasteiger partial charge on any atom is -0.463 e. The SMILES string of the molecule is CCOc1nc(-c2cccs2)n(-c2ccc(NC(=O)CC)cc2)n1. The molecule has 2 aromatic heterocycles. The summed E-state index contributed by atoms with van der Waals surface area (Å²) in [7, 11) is 0. The van der Waals surface area contributed by atoms with Gasteiger partial charge in [0.2, 0.25) is 5.91 Å². The van der Waals surface area contributed by atoms with Gasteiger partial charge in [0.25, 0.3) is 0 Å². The lowest BCUT2D eigenvalue weighted by Gasteiger charge is -2.07. The average molecular weight is 342 g/mol. The Labute approximate surface area is 144 Å². The van der Waals surface area contributed by atoms with Gasteiger partial charge in [-0.2, -0.15) is 4.98 Å². The molecule has 0 aliphatic carbocycles. The Kier molecular flexibility index (Phi) is 4.90. The van der Waals surface area contributed by atoms with E-state index in [1.807, 2.05) is 55.6 Å². The number of aromatic nitrogens is 3. The highest BCUT2D eigenvalue weighted by atomic mass is 32.1. The molecule has 0 spiro atoms. The Morgan fingerprint density at radius 1 is 1.25 bits per heavy atom. The van der Waals surface area contributed by atoms with Gasteiger partial charge in [-0.15, -0.1) is 16.4 Å². The number of thiophene rings is 1. The number of anilines is 1. The van der Waals surface area contributed by atoms with Gasteiger partial charge in [-0.1, -0.05) is 13.0 Å². The first-order chi connectivity index (χ1) is 11.7. The van der Waals surface area contributed by atoms with Gasteiger partial charge in [0.15, 0.2) is 5.82 Å². The lowest BCUT2D eigenvalue weighted by atomic mass is 10.2. The van der Waals surface area contributed by atoms with Crippen molar-refractivity contribution >= 4 is 22.9 Å². The van der Waals surface area contributed by atoms with Crippen molar-refractivity contribution in [2.45, 2.75) is 20.3 Å². The molecule has 0 saturated heterocycles. The van der Waals surface area contributed by atoms with Crippen LogP contribution in [-0.4, -0.2) is 27.3 Å². The third kappa shape index (κ3) is 3.46. The molecule has 2 heterocycles. The van der Waals surface area contributed by atoms with E-state index >= 15 is 0 Å². The van der Waals surface area contributed by atoms with Crippen LogP contribution in [0.4, 0.5) is 5.69 Å². The van der Waals surface area contributed by atoms with Crippen molar-refractivity contribution in [3.63, 3.8) is 0 Å². The van der Waals surface area contributed by atoms with Crippen molar-refractivity contribution in [1.29, 1.82) is 0 Å². The monoisotopic (exact) mass is 342 g/mol. The number of hydrogen-bond acceptors (Lipinski definition) is 5. The largest absolute Gasteiger partial charge is 0.463 e. The molecule has 124 valence electrons. The number of benzene rings is 1. The van der Waals surface area contributed by atoms with Gasteiger partial charge in [-0.05, 0) is 42.6 Å². The van der Waals surface area contributed by atoms with Crippen LogP contribution in [0, 0.1) is 0 Å². The number of nitrogens with zero attached hydrogens (tertiary/aromatic N) is 3. The maximum Gasteiger partial charge on any atom is 0.336 e. The smallest absolute Gasteiger partial charge is 0.336 e. The van der Waals surface area contributed by atoms with Crippen LogP contribution in [-0.2, 0) is 4.79 Å². The van der Waals surface area contributed by atoms with Crippen LogP contribution in [0.3, 0.4) is 0 Å². The minimum absolute atomic E-state index is 0.0126. The molecule has 0 fully saturated rings. The molecule has 1 aromatic carbocycles. The molecule has 0 bridgehead atoms. The zero-order valence-corrected chi connectivity index (χ0v) is 14.3. The standard InChI is InChI=1S/C17H18N4O2S/c1-3-15(22)18-12-7-9-13(10-8-12)21-16(14-6-5-11-24-14)19-17(20-21)23-4-2/h5-11H,3-4H2,1-2H3,(H,18,22). The zero-order valence-electron chi connectivity index (χ0n) is 13.5. The molecule has 1 N–H and O–H groups in total. The van der Waals surface area contributed by atoms with Crippen LogP contribution in [0.15, 0.2) is 41.8 Å². The van der Waals surface area contributed by atoms with E-state index in [0.29, 0.717) is 19.0 Å². The summed E-state index contributed by atoms with van der Waals surface area (Å²) in [4.78, 5) is 17.0. The van der Waals surface area contributed by atoms with E-state index in [0.717, 1.165) is 22.1 Å². The number of amides is 1. The molecule has 3 rings (SSSR count). The van der Waals surface area contributed by atoms with E-state index in [9.17, 15) is 4.79 Å². The predicted molar refractivity (Wildman–Crippen MR) is 94.8 cm³/mol. The van der Waals surface area contributed by atoms with Crippen molar-refractivity contribution in [3.05, 3.63) is 41.8 Å². The highest BCUT2D eigenvalue weighted by Crippen LogP contribution is 2.27. The Morgan fingerprint density at radius 2 is 2.04 bits per heavy atom. The first kappa shape index (κ1) is 16.2. The van der Waals surface area contributed by atoms with Crippen LogP contribution >= 0.6 is 11.3 Å². The van der Waals surface area contributed by atoms with E-state index < -0.39 is 0 Å². The number of ether oxygens (including phenoxy) is 1. The molecule has 7 heteroatoms. The number of carbonyl (C=O) groups excluding carboxylic acids is 1. The lowest BCUT2D eigenvalue weighted by molar-refractivity contribution is -0.115. The topological polar surface area (TPSA) is 69.0 Å². The summed E-state index contributed by atoms with van der Waals surface area (Å²) < 4.78 is 7.19. The molecule has 0 aliphatic rings. The van der Waals surface area contributed by atoms with Crippen molar-refractivity contribution < 1.29 is 9.53 Å². The second-order valence-corrected chi connectivity index (χ2v) is 5.94. The first-order valence-corrected chi connectivity index (χ1v) is 8.63. The van der Waals surface area contributed by atoms with Gasteiger partial charge in [0.1, 0.15) is 0 Å². The highest BCUT2D eigenvalue weighted by Gasteiger charge is 2.15. The fourth-order valence-corrected chi connectivity index (χ4v) is 2.86. The van der Waals surface area contributed by atoms with Gasteiger partial charge in [-0.25, -0.2) is 4.68 Å². The van der Waals surface area contributed by atoms with Gasteiger partial charge < -0.3 is 10.1 Å². The van der Waals surface area contributed by atoms with E-state index in [1.165, 1.54) is 0 Å². The summed E-state index contributed by atoms with van der Waals surface area (Å²) in [5.74, 6) is 0.722. The molecule has 6 nitrogen and oxygen atoms in total. The van der Waals surface area contributed by atoms with Crippen molar-refractivity contribution in [1.82, 2.24) is 14.8 Å². The van der Waals surface area contributed by atoms with Crippen molar-refractivity contribution in [3.8, 4) is 22.4 Å². The summed E-state index contributed by atoms with van der Waals surface area (Å²) in [6, 6.07) is 11.8. The quantitative estimate of drug-likeness (QED) is 0.741. The Balaban J connectivity index is 1.94. The molecular weight excluding hydrogens is 324 g/mol. The molecule has 24 heavy (non-hydrogen) atoms. The maximum atomic E-state index is 11.5. The van der Waals surface area contributed by atoms with Crippen LogP contribution in [0.25, 0.3) is 16.4 Å². The van der Waals surface area contributed by atoms with Crippen molar-refractivity contribution in [2.24, 2.45) is 0 Å². The third-order valence-corrected chi connectivity index (χ3v) is 4.19. The average Bonchev–Trinajstić information content (AvgIpc) is 3.25. The number of hydrogen-bond donors (Lipinski definition) is 1. The fourth-order valence-electron chi connectivity index (χ4n) is 2.16. The van der Waals surface area contributed by atoms with E-state index in [1.54, 1.807) is 16.0 Å². The summed E-state index contributed by atoms with van der Waals surface area (Å²) in [5, 5.41) is 9.26. The Bertz CT molecular complexity index is 810. The Hall–Kier alpha value is -2.67. The molecule has 1 amide bonds. The third-order valence-electron chi connectivity index (χ3n) is 3.32. The minimum atomic E-state index is -0.0126. The van der Waals surface area contributed by atoms with Crippen LogP contribution in [0.1, 0.15) is 20.3 Å². The number of carbonyl (C=O) groups is 1. The second kappa shape index (κ2) is 7.27. The van der Waals surface area contributed by atoms with E-state index in [-0.39, 0.29) is 5.91 Å². The summed E-state index contributed by atoms with van der Waals surface area (Å²) >= 11 is 1.59. The van der Waals surface area contributed by atoms with Crippen LogP contribution in [0.2, 0.25) is 0 Å². The van der Waals surface area contributed by atoms with Gasteiger partial charge >= 0.3 is 6.01 Å². The molecule has 0 saturated carbocycles. The van der Waals surface area contributed by atoms with Gasteiger partial charge in [0, 0.05) is 12.1 Å². The molecule has 0 radical (unpaired) electrons. The van der Waals surface area contributed by atoms with Crippen molar-refractivity contribution in [2.75, 3.05) is 11.9 Å². The maximum absolute atomic E-state index is 11.5. The summed E-state index contributed by atoms with van der Waals surface area (Å²) in [5.41, 5.74) is 1.61. The summed E-state index contributed by atoms with van der Waals surface area (Å²) in [6.07, 6.45) is 0.449. The van der Waals surface area contributed by atoms with Gasteiger partial charge in [0.05, 0.1) is 17.2 Å². The molecule has 0 unspecified atom stereocenters. The predicted octanol–water partition coefficient (Wildman–Crippen LogP) is 3.74. The second-order valence-electron chi connectivity index (χ2n) is 4.99. The van der Waals surface area contributed by atoms with E-state index in [4.69, 9.17) is 4.74 Å². The van der Waals surface area contributed by atoms with E-state index in [2.05, 4.69) is 15.4 Å². The molecule has 0 atom stereocenters. The normalized spacial score (nSPS) is 10.6.